The molecule has 2 aromatic rings. The van der Waals surface area contributed by atoms with Crippen molar-refractivity contribution < 1.29 is 38.4 Å². The van der Waals surface area contributed by atoms with Crippen molar-refractivity contribution in [1.29, 1.82) is 0 Å². The summed E-state index contributed by atoms with van der Waals surface area (Å²) in [6, 6.07) is 4.86. The number of nitrogens with one attached hydrogen (secondary N) is 1. The molecule has 1 aromatic heterocycles. The Morgan fingerprint density at radius 3 is 2.65 bits per heavy atom. The predicted octanol–water partition coefficient (Wildman–Crippen LogP) is 2.11. The molecule has 1 saturated heterocycles. The fraction of sp³-hybridized carbons (Fsp3) is 0.385. The van der Waals surface area contributed by atoms with Gasteiger partial charge in [-0.3, -0.25) is 29.4 Å². The number of non-ortho nitro benzene ring substituents is 1. The van der Waals surface area contributed by atoms with Gasteiger partial charge in [0.05, 0.1) is 11.5 Å². The number of nitrogen functional groups attached to an aromatic ring is 1. The highest BCUT2D eigenvalue weighted by Crippen LogP contribution is 2.38. The van der Waals surface area contributed by atoms with E-state index in [0.717, 1.165) is 11.3 Å². The number of β-lactam (4-membered cyclic amide) rings is 1. The van der Waals surface area contributed by atoms with Crippen molar-refractivity contribution in [3.8, 4) is 0 Å². The molecule has 0 aliphatic carbocycles. The third-order valence-electron chi connectivity index (χ3n) is 6.31. The minimum atomic E-state index is -0.882. The van der Waals surface area contributed by atoms with Crippen LogP contribution in [0, 0.1) is 10.1 Å². The number of nitro groups is 1. The summed E-state index contributed by atoms with van der Waals surface area (Å²) in [6.45, 7) is 0.118. The van der Waals surface area contributed by atoms with E-state index in [-0.39, 0.29) is 47.6 Å². The third-order valence-corrected chi connectivity index (χ3v) is 8.17. The van der Waals surface area contributed by atoms with Crippen LogP contribution in [0.2, 0.25) is 0 Å². The number of hydrogen-bond donors (Lipinski definition) is 2. The minimum Gasteiger partial charge on any atom is -0.461 e. The van der Waals surface area contributed by atoms with Crippen molar-refractivity contribution in [2.45, 2.75) is 43.7 Å². The molecule has 1 unspecified atom stereocenters. The molecular formula is C26H28N6O9S2. The highest BCUT2D eigenvalue weighted by atomic mass is 32.2. The lowest BCUT2D eigenvalue weighted by Crippen LogP contribution is -2.70. The number of unbranched alkanes of at least 4 members (excludes halogenated alkanes) is 2. The number of anilines is 1. The van der Waals surface area contributed by atoms with Gasteiger partial charge in [0.15, 0.2) is 10.8 Å². The van der Waals surface area contributed by atoms with Crippen LogP contribution in [0.15, 0.2) is 46.6 Å². The number of oxime groups is 1. The molecule has 2 atom stereocenters. The molecule has 2 aliphatic rings. The largest absolute Gasteiger partial charge is 0.461 e. The maximum absolute atomic E-state index is 12.9. The molecule has 15 nitrogen and oxygen atoms in total. The Hall–Kier alpha value is -4.51. The monoisotopic (exact) mass is 632 g/mol. The predicted molar refractivity (Wildman–Crippen MR) is 155 cm³/mol. The summed E-state index contributed by atoms with van der Waals surface area (Å²) in [5.74, 6) is -1.74. The van der Waals surface area contributed by atoms with Crippen LogP contribution in [0.1, 0.15) is 36.9 Å². The van der Waals surface area contributed by atoms with Crippen LogP contribution in [0.25, 0.3) is 0 Å². The lowest BCUT2D eigenvalue weighted by molar-refractivity contribution is -0.384. The highest BCUT2D eigenvalue weighted by molar-refractivity contribution is 8.00. The van der Waals surface area contributed by atoms with Gasteiger partial charge in [-0.2, -0.15) is 0 Å². The molecule has 43 heavy (non-hydrogen) atoms. The van der Waals surface area contributed by atoms with E-state index in [9.17, 15) is 29.3 Å². The number of hydrogen-bond acceptors (Lipinski definition) is 14. The van der Waals surface area contributed by atoms with Crippen molar-refractivity contribution in [2.24, 2.45) is 5.16 Å². The van der Waals surface area contributed by atoms with Crippen LogP contribution in [-0.2, 0) is 40.1 Å². The second-order valence-electron chi connectivity index (χ2n) is 9.20. The van der Waals surface area contributed by atoms with E-state index in [2.05, 4.69) is 15.5 Å². The van der Waals surface area contributed by atoms with E-state index in [1.54, 1.807) is 11.5 Å². The number of aromatic nitrogens is 1. The molecule has 2 amide bonds. The van der Waals surface area contributed by atoms with Gasteiger partial charge >= 0.3 is 11.9 Å². The second-order valence-corrected chi connectivity index (χ2v) is 11.2. The Balaban J connectivity index is 1.16. The normalized spacial score (nSPS) is 17.7. The smallest absolute Gasteiger partial charge is 0.354 e. The van der Waals surface area contributed by atoms with Crippen LogP contribution < -0.4 is 11.1 Å². The summed E-state index contributed by atoms with van der Waals surface area (Å²) < 4.78 is 10.5. The van der Waals surface area contributed by atoms with Crippen LogP contribution in [-0.4, -0.2) is 75.2 Å². The Morgan fingerprint density at radius 2 is 1.98 bits per heavy atom. The van der Waals surface area contributed by atoms with Crippen molar-refractivity contribution in [1.82, 2.24) is 15.2 Å². The molecule has 2 aliphatic heterocycles. The van der Waals surface area contributed by atoms with Crippen LogP contribution >= 0.6 is 23.1 Å². The average Bonchev–Trinajstić information content (AvgIpc) is 3.44. The van der Waals surface area contributed by atoms with Crippen molar-refractivity contribution >= 4 is 63.4 Å². The van der Waals surface area contributed by atoms with E-state index in [1.165, 1.54) is 48.0 Å². The van der Waals surface area contributed by atoms with Crippen LogP contribution in [0.4, 0.5) is 10.8 Å². The molecule has 1 fully saturated rings. The maximum Gasteiger partial charge on any atom is 0.354 e. The van der Waals surface area contributed by atoms with Gasteiger partial charge in [0.25, 0.3) is 17.5 Å². The highest BCUT2D eigenvalue weighted by Gasteiger charge is 2.53. The molecule has 0 spiro atoms. The van der Waals surface area contributed by atoms with Gasteiger partial charge in [-0.15, -0.1) is 23.1 Å². The SMILES string of the molecule is CON=C(C(=O)NC1C(=O)N2C(C(=O)OCCCCCC(=O)OCc3ccc([N+](=O)[O-])cc3)=CCS[C@@H]12)c1csc(N)n1. The molecule has 0 saturated carbocycles. The first-order valence-corrected chi connectivity index (χ1v) is 15.0. The summed E-state index contributed by atoms with van der Waals surface area (Å²) in [6.07, 6.45) is 3.40. The van der Waals surface area contributed by atoms with Gasteiger partial charge in [0, 0.05) is 29.7 Å². The zero-order chi connectivity index (χ0) is 30.9. The topological polar surface area (TPSA) is 206 Å². The van der Waals surface area contributed by atoms with E-state index >= 15 is 0 Å². The van der Waals surface area contributed by atoms with Crippen molar-refractivity contribution in [3.05, 3.63) is 62.8 Å². The van der Waals surface area contributed by atoms with E-state index in [4.69, 9.17) is 20.0 Å². The standard InChI is InChI=1S/C26H28N6O9S2/c1-39-30-20(17-14-43-26(27)28-17)22(34)29-21-23(35)31-18(10-12-42-24(21)31)25(36)40-11-4-2-3-5-19(33)41-13-15-6-8-16(9-7-15)32(37)38/h6-10,14,21,24H,2-5,11-13H2,1H3,(H2,27,28)(H,29,34)/t21?,24-/m0/s1. The van der Waals surface area contributed by atoms with E-state index in [1.807, 2.05) is 0 Å². The number of ether oxygens (including phenoxy) is 2. The molecule has 0 radical (unpaired) electrons. The zero-order valence-corrected chi connectivity index (χ0v) is 24.6. The summed E-state index contributed by atoms with van der Waals surface area (Å²) in [7, 11) is 1.28. The minimum absolute atomic E-state index is 0.0193. The van der Waals surface area contributed by atoms with Gasteiger partial charge in [-0.25, -0.2) is 9.78 Å². The van der Waals surface area contributed by atoms with Gasteiger partial charge in [0.1, 0.15) is 36.5 Å². The lowest BCUT2D eigenvalue weighted by Gasteiger charge is -2.48. The molecule has 3 N–H and O–H groups in total. The van der Waals surface area contributed by atoms with Gasteiger partial charge in [-0.05, 0) is 43.0 Å². The quantitative estimate of drug-likeness (QED) is 0.0767. The number of nitrogens with zero attached hydrogens (tertiary/aromatic N) is 4. The van der Waals surface area contributed by atoms with Gasteiger partial charge in [0.2, 0.25) is 0 Å². The number of benzene rings is 1. The number of nitro benzene ring substituents is 1. The Morgan fingerprint density at radius 1 is 1.21 bits per heavy atom. The Labute approximate surface area is 253 Å². The van der Waals surface area contributed by atoms with Gasteiger partial charge < -0.3 is 25.4 Å². The maximum atomic E-state index is 12.9. The number of esters is 2. The lowest BCUT2D eigenvalue weighted by atomic mass is 10.0. The first-order valence-electron chi connectivity index (χ1n) is 13.0. The zero-order valence-electron chi connectivity index (χ0n) is 22.9. The van der Waals surface area contributed by atoms with Crippen molar-refractivity contribution in [3.63, 3.8) is 0 Å². The molecule has 3 heterocycles. The molecule has 4 rings (SSSR count). The number of carbonyl (C=O) groups is 4. The van der Waals surface area contributed by atoms with E-state index < -0.39 is 40.1 Å². The number of nitrogens with two attached hydrogens (primary N) is 1. The molecule has 228 valence electrons. The van der Waals surface area contributed by atoms with Crippen LogP contribution in [0.5, 0.6) is 0 Å². The second kappa shape index (κ2) is 14.6. The number of thiazole rings is 1. The van der Waals surface area contributed by atoms with Gasteiger partial charge in [-0.1, -0.05) is 5.16 Å². The van der Waals surface area contributed by atoms with E-state index in [0.29, 0.717) is 30.6 Å². The molecule has 1 aromatic carbocycles. The summed E-state index contributed by atoms with van der Waals surface area (Å²) in [5.41, 5.74) is 6.45. The number of thioether (sulfide) groups is 1. The first kappa shape index (κ1) is 31.4. The summed E-state index contributed by atoms with van der Waals surface area (Å²) in [4.78, 5) is 70.7. The fourth-order valence-electron chi connectivity index (χ4n) is 4.17. The third kappa shape index (κ3) is 7.86. The Bertz CT molecular complexity index is 1440. The number of amides is 2. The molecule has 17 heteroatoms. The molecular weight excluding hydrogens is 604 g/mol. The number of fused-ring (bicyclic) bond motifs is 1. The fourth-order valence-corrected chi connectivity index (χ4v) is 5.91. The molecule has 0 bridgehead atoms. The average molecular weight is 633 g/mol. The number of carbonyl (C=O) groups excluding carboxylic acids is 4. The summed E-state index contributed by atoms with van der Waals surface area (Å²) >= 11 is 2.51. The summed E-state index contributed by atoms with van der Waals surface area (Å²) in [5, 5.41) is 18.3. The van der Waals surface area contributed by atoms with Crippen molar-refractivity contribution in [2.75, 3.05) is 25.2 Å². The first-order chi connectivity index (χ1) is 20.7. The number of rotatable bonds is 14. The Kier molecular flexibility index (Phi) is 10.7. The van der Waals surface area contributed by atoms with Crippen LogP contribution in [0.3, 0.4) is 0 Å².